The number of phenolic OH excluding ortho intramolecular Hbond substituents is 1. The summed E-state index contributed by atoms with van der Waals surface area (Å²) in [6.07, 6.45) is 5.17. The molecule has 0 saturated carbocycles. The number of aromatic hydroxyl groups is 1. The Morgan fingerprint density at radius 1 is 1.13 bits per heavy atom. The fourth-order valence-electron chi connectivity index (χ4n) is 5.31. The van der Waals surface area contributed by atoms with Crippen molar-refractivity contribution in [2.75, 3.05) is 13.1 Å². The first-order valence-electron chi connectivity index (χ1n) is 13.2. The lowest BCUT2D eigenvalue weighted by Gasteiger charge is -2.27. The van der Waals surface area contributed by atoms with Gasteiger partial charge < -0.3 is 15.3 Å². The van der Waals surface area contributed by atoms with Crippen LogP contribution >= 0.6 is 0 Å². The van der Waals surface area contributed by atoms with Gasteiger partial charge in [-0.15, -0.1) is 0 Å². The number of rotatable bonds is 12. The standard InChI is InChI=1S/C28H32N4O7/c1-2-3-4-7-19-11-13-25(34)30(19)15-14-29-26(35)23(17-18-10-12-24(33)22(16-18)32(38)39)31-27(36)20-8-5-6-9-21(20)28(31)37/h5-6,8-10,12,16,19,23,33H,2-4,7,11,13-15,17H2,1H3,(H,29,35)/t19-,23+/m0/s1. The number of likely N-dealkylation sites (tertiary alicyclic amines) is 1. The summed E-state index contributed by atoms with van der Waals surface area (Å²) in [4.78, 5) is 65.5. The fraction of sp³-hybridized carbons (Fsp3) is 0.429. The number of nitrogens with one attached hydrogen (secondary N) is 1. The van der Waals surface area contributed by atoms with Gasteiger partial charge in [-0.3, -0.25) is 34.2 Å². The van der Waals surface area contributed by atoms with E-state index in [4.69, 9.17) is 0 Å². The maximum absolute atomic E-state index is 13.5. The first-order chi connectivity index (χ1) is 18.7. The molecule has 2 heterocycles. The number of carbonyl (C=O) groups is 4. The zero-order valence-corrected chi connectivity index (χ0v) is 21.8. The summed E-state index contributed by atoms with van der Waals surface area (Å²) < 4.78 is 0. The molecule has 2 aromatic carbocycles. The van der Waals surface area contributed by atoms with E-state index < -0.39 is 40.1 Å². The second-order valence-corrected chi connectivity index (χ2v) is 9.89. The smallest absolute Gasteiger partial charge is 0.310 e. The number of nitro groups is 1. The average Bonchev–Trinajstić information content (AvgIpc) is 3.39. The minimum absolute atomic E-state index is 0.0408. The van der Waals surface area contributed by atoms with Crippen LogP contribution in [-0.4, -0.2) is 68.6 Å². The highest BCUT2D eigenvalue weighted by Gasteiger charge is 2.43. The zero-order chi connectivity index (χ0) is 28.1. The molecule has 4 rings (SSSR count). The van der Waals surface area contributed by atoms with E-state index in [1.165, 1.54) is 18.2 Å². The molecule has 0 aliphatic carbocycles. The lowest BCUT2D eigenvalue weighted by molar-refractivity contribution is -0.385. The number of carbonyl (C=O) groups excluding carboxylic acids is 4. The highest BCUT2D eigenvalue weighted by Crippen LogP contribution is 2.30. The summed E-state index contributed by atoms with van der Waals surface area (Å²) in [5.41, 5.74) is 0.0988. The molecule has 2 atom stereocenters. The van der Waals surface area contributed by atoms with Crippen molar-refractivity contribution in [3.63, 3.8) is 0 Å². The van der Waals surface area contributed by atoms with Crippen molar-refractivity contribution in [1.29, 1.82) is 0 Å². The van der Waals surface area contributed by atoms with E-state index in [0.717, 1.165) is 49.1 Å². The van der Waals surface area contributed by atoms with Crippen LogP contribution in [0.15, 0.2) is 42.5 Å². The molecule has 4 amide bonds. The Balaban J connectivity index is 1.52. The Morgan fingerprint density at radius 2 is 1.82 bits per heavy atom. The third-order valence-corrected chi connectivity index (χ3v) is 7.35. The van der Waals surface area contributed by atoms with Crippen LogP contribution in [0.1, 0.15) is 71.7 Å². The second kappa shape index (κ2) is 12.1. The summed E-state index contributed by atoms with van der Waals surface area (Å²) in [6.45, 7) is 2.55. The molecule has 0 spiro atoms. The number of fused-ring (bicyclic) bond motifs is 1. The van der Waals surface area contributed by atoms with Gasteiger partial charge in [-0.1, -0.05) is 44.4 Å². The van der Waals surface area contributed by atoms with Crippen molar-refractivity contribution in [3.8, 4) is 5.75 Å². The van der Waals surface area contributed by atoms with Crippen molar-refractivity contribution < 1.29 is 29.2 Å². The molecular formula is C28H32N4O7. The molecule has 0 aromatic heterocycles. The summed E-state index contributed by atoms with van der Waals surface area (Å²) >= 11 is 0. The molecule has 0 radical (unpaired) electrons. The molecule has 0 unspecified atom stereocenters. The second-order valence-electron chi connectivity index (χ2n) is 9.89. The Hall–Kier alpha value is -4.28. The van der Waals surface area contributed by atoms with E-state index in [0.29, 0.717) is 18.5 Å². The number of unbranched alkanes of at least 4 members (excludes halogenated alkanes) is 2. The van der Waals surface area contributed by atoms with Crippen LogP contribution in [0.3, 0.4) is 0 Å². The highest BCUT2D eigenvalue weighted by atomic mass is 16.6. The van der Waals surface area contributed by atoms with E-state index >= 15 is 0 Å². The third kappa shape index (κ3) is 5.92. The van der Waals surface area contributed by atoms with Gasteiger partial charge in [-0.05, 0) is 36.6 Å². The molecule has 1 saturated heterocycles. The van der Waals surface area contributed by atoms with Gasteiger partial charge in [0.05, 0.1) is 16.1 Å². The fourth-order valence-corrected chi connectivity index (χ4v) is 5.31. The lowest BCUT2D eigenvalue weighted by Crippen LogP contribution is -2.52. The highest BCUT2D eigenvalue weighted by molar-refractivity contribution is 6.22. The average molecular weight is 537 g/mol. The Bertz CT molecular complexity index is 1260. The third-order valence-electron chi connectivity index (χ3n) is 7.35. The molecule has 1 fully saturated rings. The van der Waals surface area contributed by atoms with Crippen LogP contribution in [0.25, 0.3) is 0 Å². The van der Waals surface area contributed by atoms with Crippen molar-refractivity contribution in [2.45, 2.75) is 64.0 Å². The van der Waals surface area contributed by atoms with Crippen LogP contribution in [0.4, 0.5) is 5.69 Å². The van der Waals surface area contributed by atoms with E-state index in [9.17, 15) is 34.4 Å². The van der Waals surface area contributed by atoms with E-state index in [2.05, 4.69) is 12.2 Å². The van der Waals surface area contributed by atoms with Crippen molar-refractivity contribution in [1.82, 2.24) is 15.1 Å². The number of nitro benzene ring substituents is 1. The van der Waals surface area contributed by atoms with Gasteiger partial charge in [0.1, 0.15) is 6.04 Å². The first kappa shape index (κ1) is 27.7. The Morgan fingerprint density at radius 3 is 2.46 bits per heavy atom. The molecule has 0 bridgehead atoms. The van der Waals surface area contributed by atoms with Crippen LogP contribution in [0, 0.1) is 10.1 Å². The Kier molecular flexibility index (Phi) is 8.58. The number of nitrogens with zero attached hydrogens (tertiary/aromatic N) is 3. The minimum Gasteiger partial charge on any atom is -0.502 e. The van der Waals surface area contributed by atoms with E-state index in [1.807, 2.05) is 0 Å². The van der Waals surface area contributed by atoms with Crippen molar-refractivity contribution in [3.05, 3.63) is 69.3 Å². The normalized spacial score (nSPS) is 17.5. The van der Waals surface area contributed by atoms with Crippen molar-refractivity contribution in [2.24, 2.45) is 0 Å². The first-order valence-corrected chi connectivity index (χ1v) is 13.2. The summed E-state index contributed by atoms with van der Waals surface area (Å²) in [6, 6.07) is 8.76. The van der Waals surface area contributed by atoms with Gasteiger partial charge in [-0.25, -0.2) is 0 Å². The predicted molar refractivity (Wildman–Crippen MR) is 141 cm³/mol. The van der Waals surface area contributed by atoms with Gasteiger partial charge in [0.2, 0.25) is 11.8 Å². The molecule has 2 aliphatic heterocycles. The number of amides is 4. The van der Waals surface area contributed by atoms with Crippen LogP contribution in [0.2, 0.25) is 0 Å². The maximum Gasteiger partial charge on any atom is 0.310 e. The molecule has 2 N–H and O–H groups in total. The molecule has 11 heteroatoms. The predicted octanol–water partition coefficient (Wildman–Crippen LogP) is 3.20. The van der Waals surface area contributed by atoms with Crippen LogP contribution in [0.5, 0.6) is 5.75 Å². The molecular weight excluding hydrogens is 504 g/mol. The molecule has 11 nitrogen and oxygen atoms in total. The van der Waals surface area contributed by atoms with Gasteiger partial charge in [0.25, 0.3) is 11.8 Å². The number of hydrogen-bond donors (Lipinski definition) is 2. The van der Waals surface area contributed by atoms with E-state index in [1.54, 1.807) is 17.0 Å². The summed E-state index contributed by atoms with van der Waals surface area (Å²) in [5, 5.41) is 23.9. The summed E-state index contributed by atoms with van der Waals surface area (Å²) in [7, 11) is 0. The van der Waals surface area contributed by atoms with Crippen LogP contribution in [-0.2, 0) is 16.0 Å². The van der Waals surface area contributed by atoms with Gasteiger partial charge in [0, 0.05) is 38.0 Å². The number of benzene rings is 2. The molecule has 39 heavy (non-hydrogen) atoms. The minimum atomic E-state index is -1.30. The summed E-state index contributed by atoms with van der Waals surface area (Å²) in [5.74, 6) is -2.37. The van der Waals surface area contributed by atoms with E-state index in [-0.39, 0.29) is 36.0 Å². The molecule has 2 aromatic rings. The molecule has 206 valence electrons. The number of hydrogen-bond acceptors (Lipinski definition) is 7. The van der Waals surface area contributed by atoms with Gasteiger partial charge in [-0.2, -0.15) is 0 Å². The largest absolute Gasteiger partial charge is 0.502 e. The molecule has 2 aliphatic rings. The Labute approximate surface area is 225 Å². The zero-order valence-electron chi connectivity index (χ0n) is 21.8. The monoisotopic (exact) mass is 536 g/mol. The number of phenols is 1. The topological polar surface area (TPSA) is 150 Å². The van der Waals surface area contributed by atoms with Crippen molar-refractivity contribution >= 4 is 29.3 Å². The van der Waals surface area contributed by atoms with Crippen LogP contribution < -0.4 is 5.32 Å². The quantitative estimate of drug-likeness (QED) is 0.183. The maximum atomic E-state index is 13.5. The SMILES string of the molecule is CCCCC[C@H]1CCC(=O)N1CCNC(=O)[C@@H](Cc1ccc(O)c([N+](=O)[O-])c1)N1C(=O)c2ccccc2C1=O. The number of imide groups is 1. The van der Waals surface area contributed by atoms with Gasteiger partial charge >= 0.3 is 5.69 Å². The van der Waals surface area contributed by atoms with Gasteiger partial charge in [0.15, 0.2) is 5.75 Å². The lowest BCUT2D eigenvalue weighted by atomic mass is 10.0.